The lowest BCUT2D eigenvalue weighted by Gasteiger charge is -2.03. The average molecular weight is 193 g/mol. The molecule has 0 saturated carbocycles. The second kappa shape index (κ2) is 4.86. The highest BCUT2D eigenvalue weighted by Crippen LogP contribution is 2.09. The van der Waals surface area contributed by atoms with Crippen molar-refractivity contribution in [3.8, 4) is 0 Å². The van der Waals surface area contributed by atoms with Crippen molar-refractivity contribution in [2.45, 2.75) is 0 Å². The summed E-state index contributed by atoms with van der Waals surface area (Å²) in [5.41, 5.74) is 0.976. The van der Waals surface area contributed by atoms with Gasteiger partial charge in [-0.1, -0.05) is 6.07 Å². The smallest absolute Gasteiger partial charge is 0.335 e. The van der Waals surface area contributed by atoms with Crippen molar-refractivity contribution in [1.29, 1.82) is 0 Å². The standard InChI is InChI=1S/C9H11N3O2/c10-12-5-4-11-8-3-1-2-7(6-8)9(13)14/h1-3,5-6,11H,4,10H2,(H,13,14). The molecule has 14 heavy (non-hydrogen) atoms. The van der Waals surface area contributed by atoms with E-state index in [1.54, 1.807) is 18.2 Å². The maximum atomic E-state index is 10.6. The third kappa shape index (κ3) is 2.78. The van der Waals surface area contributed by atoms with Crippen LogP contribution in [0.15, 0.2) is 29.4 Å². The molecule has 0 unspecified atom stereocenters. The summed E-state index contributed by atoms with van der Waals surface area (Å²) in [6.07, 6.45) is 1.49. The second-order valence-corrected chi connectivity index (χ2v) is 2.60. The van der Waals surface area contributed by atoms with Gasteiger partial charge in [-0.25, -0.2) is 4.79 Å². The van der Waals surface area contributed by atoms with Gasteiger partial charge in [-0.15, -0.1) is 0 Å². The molecule has 1 rings (SSSR count). The minimum absolute atomic E-state index is 0.250. The molecule has 0 atom stereocenters. The number of nitrogens with one attached hydrogen (secondary N) is 1. The molecule has 0 aliphatic rings. The van der Waals surface area contributed by atoms with Gasteiger partial charge in [-0.05, 0) is 18.2 Å². The zero-order chi connectivity index (χ0) is 10.4. The van der Waals surface area contributed by atoms with Crippen LogP contribution in [0.2, 0.25) is 0 Å². The van der Waals surface area contributed by atoms with Gasteiger partial charge in [-0.3, -0.25) is 0 Å². The molecule has 1 aromatic carbocycles. The lowest BCUT2D eigenvalue weighted by Crippen LogP contribution is -2.05. The highest BCUT2D eigenvalue weighted by atomic mass is 16.4. The Morgan fingerprint density at radius 3 is 3.07 bits per heavy atom. The lowest BCUT2D eigenvalue weighted by molar-refractivity contribution is 0.0697. The van der Waals surface area contributed by atoms with E-state index in [-0.39, 0.29) is 5.56 Å². The van der Waals surface area contributed by atoms with Gasteiger partial charge in [0.15, 0.2) is 0 Å². The van der Waals surface area contributed by atoms with Crippen LogP contribution in [-0.2, 0) is 0 Å². The van der Waals surface area contributed by atoms with Gasteiger partial charge in [-0.2, -0.15) is 5.10 Å². The fourth-order valence-corrected chi connectivity index (χ4v) is 0.978. The first kappa shape index (κ1) is 10.0. The van der Waals surface area contributed by atoms with Gasteiger partial charge in [0.05, 0.1) is 12.1 Å². The molecule has 0 saturated heterocycles. The first-order valence-electron chi connectivity index (χ1n) is 4.03. The first-order valence-corrected chi connectivity index (χ1v) is 4.03. The van der Waals surface area contributed by atoms with Gasteiger partial charge in [0, 0.05) is 11.9 Å². The van der Waals surface area contributed by atoms with Crippen molar-refractivity contribution in [1.82, 2.24) is 0 Å². The Morgan fingerprint density at radius 2 is 2.43 bits per heavy atom. The van der Waals surface area contributed by atoms with E-state index in [1.165, 1.54) is 12.3 Å². The predicted octanol–water partition coefficient (Wildman–Crippen LogP) is 0.741. The number of nitrogens with zero attached hydrogens (tertiary/aromatic N) is 1. The number of benzene rings is 1. The number of anilines is 1. The highest BCUT2D eigenvalue weighted by molar-refractivity contribution is 5.88. The van der Waals surface area contributed by atoms with E-state index in [2.05, 4.69) is 10.4 Å². The number of aromatic carboxylic acids is 1. The van der Waals surface area contributed by atoms with Gasteiger partial charge in [0.2, 0.25) is 0 Å². The molecule has 0 aromatic heterocycles. The Bertz CT molecular complexity index is 350. The molecule has 0 radical (unpaired) electrons. The summed E-state index contributed by atoms with van der Waals surface area (Å²) in [7, 11) is 0. The summed E-state index contributed by atoms with van der Waals surface area (Å²) in [6, 6.07) is 6.53. The number of carbonyl (C=O) groups is 1. The van der Waals surface area contributed by atoms with Crippen LogP contribution in [0.1, 0.15) is 10.4 Å². The van der Waals surface area contributed by atoms with Gasteiger partial charge >= 0.3 is 5.97 Å². The van der Waals surface area contributed by atoms with Gasteiger partial charge in [0.25, 0.3) is 0 Å². The molecule has 0 fully saturated rings. The monoisotopic (exact) mass is 193 g/mol. The fraction of sp³-hybridized carbons (Fsp3) is 0.111. The first-order chi connectivity index (χ1) is 6.74. The largest absolute Gasteiger partial charge is 0.478 e. The maximum Gasteiger partial charge on any atom is 0.335 e. The minimum atomic E-state index is -0.943. The van der Waals surface area contributed by atoms with Gasteiger partial charge in [0.1, 0.15) is 0 Å². The van der Waals surface area contributed by atoms with Gasteiger partial charge < -0.3 is 16.3 Å². The predicted molar refractivity (Wildman–Crippen MR) is 54.6 cm³/mol. The molecule has 1 aromatic rings. The Balaban J connectivity index is 2.68. The summed E-state index contributed by atoms with van der Waals surface area (Å²) in [5, 5.41) is 15.0. The normalized spacial score (nSPS) is 10.3. The number of hydrazone groups is 1. The van der Waals surface area contributed by atoms with Crippen molar-refractivity contribution in [3.05, 3.63) is 29.8 Å². The van der Waals surface area contributed by atoms with Crippen LogP contribution in [0.5, 0.6) is 0 Å². The van der Waals surface area contributed by atoms with Crippen LogP contribution < -0.4 is 11.2 Å². The minimum Gasteiger partial charge on any atom is -0.478 e. The van der Waals surface area contributed by atoms with E-state index >= 15 is 0 Å². The van der Waals surface area contributed by atoms with Crippen molar-refractivity contribution in [2.75, 3.05) is 11.9 Å². The number of rotatable bonds is 4. The zero-order valence-electron chi connectivity index (χ0n) is 7.47. The van der Waals surface area contributed by atoms with Crippen LogP contribution in [0.3, 0.4) is 0 Å². The Hall–Kier alpha value is -2.04. The van der Waals surface area contributed by atoms with Crippen molar-refractivity contribution < 1.29 is 9.90 Å². The molecule has 0 spiro atoms. The molecule has 4 N–H and O–H groups in total. The van der Waals surface area contributed by atoms with Crippen molar-refractivity contribution in [2.24, 2.45) is 10.9 Å². The van der Waals surface area contributed by atoms with E-state index in [9.17, 15) is 4.79 Å². The lowest BCUT2D eigenvalue weighted by atomic mass is 10.2. The number of nitrogens with two attached hydrogens (primary N) is 1. The molecular weight excluding hydrogens is 182 g/mol. The molecule has 0 aliphatic carbocycles. The highest BCUT2D eigenvalue weighted by Gasteiger charge is 2.01. The molecule has 0 amide bonds. The van der Waals surface area contributed by atoms with E-state index in [1.807, 2.05) is 0 Å². The van der Waals surface area contributed by atoms with Crippen LogP contribution >= 0.6 is 0 Å². The molecular formula is C9H11N3O2. The molecule has 0 aliphatic heterocycles. The van der Waals surface area contributed by atoms with Crippen LogP contribution in [-0.4, -0.2) is 23.8 Å². The van der Waals surface area contributed by atoms with Crippen LogP contribution in [0.4, 0.5) is 5.69 Å². The summed E-state index contributed by atoms with van der Waals surface area (Å²) >= 11 is 0. The average Bonchev–Trinajstić information content (AvgIpc) is 2.19. The summed E-state index contributed by atoms with van der Waals surface area (Å²) in [4.78, 5) is 10.6. The molecule has 0 bridgehead atoms. The third-order valence-electron chi connectivity index (χ3n) is 1.61. The van der Waals surface area contributed by atoms with Crippen molar-refractivity contribution >= 4 is 17.9 Å². The molecule has 5 nitrogen and oxygen atoms in total. The molecule has 74 valence electrons. The zero-order valence-corrected chi connectivity index (χ0v) is 7.47. The van der Waals surface area contributed by atoms with Crippen LogP contribution in [0, 0.1) is 0 Å². The fourth-order valence-electron chi connectivity index (χ4n) is 0.978. The Kier molecular flexibility index (Phi) is 3.49. The summed E-state index contributed by atoms with van der Waals surface area (Å²) in [5.74, 6) is 3.96. The van der Waals surface area contributed by atoms with E-state index in [0.717, 1.165) is 5.69 Å². The quantitative estimate of drug-likeness (QED) is 0.374. The third-order valence-corrected chi connectivity index (χ3v) is 1.61. The van der Waals surface area contributed by atoms with Crippen LogP contribution in [0.25, 0.3) is 0 Å². The Labute approximate surface area is 81.2 Å². The Morgan fingerprint density at radius 1 is 1.64 bits per heavy atom. The van der Waals surface area contributed by atoms with E-state index in [0.29, 0.717) is 6.54 Å². The van der Waals surface area contributed by atoms with Crippen molar-refractivity contribution in [3.63, 3.8) is 0 Å². The van der Waals surface area contributed by atoms with E-state index in [4.69, 9.17) is 10.9 Å². The summed E-state index contributed by atoms with van der Waals surface area (Å²) in [6.45, 7) is 0.472. The SMILES string of the molecule is NN=CCNc1cccc(C(=O)O)c1. The number of carboxylic acids is 1. The number of hydrogen-bond donors (Lipinski definition) is 3. The number of carboxylic acid groups (broad SMARTS) is 1. The summed E-state index contributed by atoms with van der Waals surface area (Å²) < 4.78 is 0. The maximum absolute atomic E-state index is 10.6. The molecule has 5 heteroatoms. The second-order valence-electron chi connectivity index (χ2n) is 2.60. The van der Waals surface area contributed by atoms with E-state index < -0.39 is 5.97 Å². The topological polar surface area (TPSA) is 87.7 Å². The number of hydrogen-bond acceptors (Lipinski definition) is 4. The molecule has 0 heterocycles.